The number of aryl methyl sites for hydroxylation is 1. The minimum Gasteiger partial charge on any atom is -0.339 e. The largest absolute Gasteiger partial charge is 0.339 e. The number of hydrogen-bond donors (Lipinski definition) is 0. The molecule has 1 unspecified atom stereocenters. The van der Waals surface area contributed by atoms with E-state index in [-0.39, 0.29) is 5.91 Å². The zero-order valence-electron chi connectivity index (χ0n) is 13.4. The molecule has 1 atom stereocenters. The number of amides is 1. The lowest BCUT2D eigenvalue weighted by Crippen LogP contribution is -2.40. The summed E-state index contributed by atoms with van der Waals surface area (Å²) in [7, 11) is 0. The van der Waals surface area contributed by atoms with Crippen LogP contribution in [0.25, 0.3) is 0 Å². The number of aromatic nitrogens is 2. The van der Waals surface area contributed by atoms with Crippen molar-refractivity contribution in [1.29, 1.82) is 0 Å². The highest BCUT2D eigenvalue weighted by Gasteiger charge is 2.28. The molecule has 0 aromatic carbocycles. The van der Waals surface area contributed by atoms with Gasteiger partial charge in [0.2, 0.25) is 5.91 Å². The number of allylic oxidation sites excluding steroid dienone is 1. The number of nitrogens with zero attached hydrogens (tertiary/aromatic N) is 4. The van der Waals surface area contributed by atoms with E-state index < -0.39 is 0 Å². The van der Waals surface area contributed by atoms with Crippen LogP contribution >= 0.6 is 0 Å². The maximum atomic E-state index is 11.6. The average Bonchev–Trinajstić information content (AvgIpc) is 2.99. The number of carbonyl (C=O) groups is 1. The molecule has 0 saturated carbocycles. The Morgan fingerprint density at radius 2 is 2.38 bits per heavy atom. The van der Waals surface area contributed by atoms with Crippen LogP contribution in [0.2, 0.25) is 0 Å². The molecule has 1 aliphatic rings. The molecule has 0 bridgehead atoms. The second kappa shape index (κ2) is 6.89. The van der Waals surface area contributed by atoms with Gasteiger partial charge in [0, 0.05) is 50.9 Å². The van der Waals surface area contributed by atoms with Crippen LogP contribution < -0.4 is 0 Å². The van der Waals surface area contributed by atoms with Crippen LogP contribution in [0.5, 0.6) is 0 Å². The normalized spacial score (nSPS) is 18.9. The van der Waals surface area contributed by atoms with Gasteiger partial charge < -0.3 is 4.90 Å². The standard InChI is InChI=1S/C16H26N4O/c1-5-8-19-11-15(13(3)17-19)10-18-9-7-16(12-18)20(6-2)14(4)21/h5,11,16H,1,6-10,12H2,2-4H3. The topological polar surface area (TPSA) is 41.4 Å². The van der Waals surface area contributed by atoms with Crippen molar-refractivity contribution in [2.45, 2.75) is 46.3 Å². The minimum atomic E-state index is 0.180. The van der Waals surface area contributed by atoms with Gasteiger partial charge in [-0.25, -0.2) is 0 Å². The molecule has 5 heteroatoms. The molecule has 0 aliphatic carbocycles. The van der Waals surface area contributed by atoms with Gasteiger partial charge in [-0.15, -0.1) is 6.58 Å². The van der Waals surface area contributed by atoms with Crippen LogP contribution in [0.4, 0.5) is 0 Å². The first kappa shape index (κ1) is 15.8. The van der Waals surface area contributed by atoms with Crippen molar-refractivity contribution in [2.24, 2.45) is 0 Å². The highest BCUT2D eigenvalue weighted by Crippen LogP contribution is 2.19. The van der Waals surface area contributed by atoms with E-state index in [1.165, 1.54) is 5.56 Å². The summed E-state index contributed by atoms with van der Waals surface area (Å²) in [6.07, 6.45) is 5.02. The monoisotopic (exact) mass is 290 g/mol. The van der Waals surface area contributed by atoms with Gasteiger partial charge in [0.1, 0.15) is 0 Å². The molecule has 21 heavy (non-hydrogen) atoms. The molecule has 2 rings (SSSR count). The number of likely N-dealkylation sites (tertiary alicyclic amines) is 1. The van der Waals surface area contributed by atoms with Gasteiger partial charge in [0.05, 0.1) is 12.2 Å². The van der Waals surface area contributed by atoms with E-state index in [4.69, 9.17) is 0 Å². The zero-order valence-corrected chi connectivity index (χ0v) is 13.4. The van der Waals surface area contributed by atoms with E-state index in [9.17, 15) is 4.79 Å². The van der Waals surface area contributed by atoms with Gasteiger partial charge in [-0.1, -0.05) is 6.08 Å². The third kappa shape index (κ3) is 3.73. The van der Waals surface area contributed by atoms with Crippen LogP contribution in [0.15, 0.2) is 18.9 Å². The summed E-state index contributed by atoms with van der Waals surface area (Å²) in [5.41, 5.74) is 2.35. The Labute approximate surface area is 127 Å². The fraction of sp³-hybridized carbons (Fsp3) is 0.625. The maximum absolute atomic E-state index is 11.6. The van der Waals surface area contributed by atoms with E-state index in [1.54, 1.807) is 6.92 Å². The second-order valence-electron chi connectivity index (χ2n) is 5.73. The van der Waals surface area contributed by atoms with Crippen LogP contribution in [0.1, 0.15) is 31.5 Å². The Balaban J connectivity index is 1.96. The van der Waals surface area contributed by atoms with Crippen molar-refractivity contribution in [3.05, 3.63) is 30.1 Å². The van der Waals surface area contributed by atoms with Crippen molar-refractivity contribution in [2.75, 3.05) is 19.6 Å². The third-order valence-electron chi connectivity index (χ3n) is 4.19. The molecular formula is C16H26N4O. The summed E-state index contributed by atoms with van der Waals surface area (Å²) in [5, 5.41) is 4.50. The number of hydrogen-bond acceptors (Lipinski definition) is 3. The summed E-state index contributed by atoms with van der Waals surface area (Å²) in [4.78, 5) is 16.0. The fourth-order valence-corrected chi connectivity index (χ4v) is 3.13. The number of rotatable bonds is 6. The summed E-state index contributed by atoms with van der Waals surface area (Å²) in [6, 6.07) is 0.357. The van der Waals surface area contributed by atoms with Crippen molar-refractivity contribution in [3.63, 3.8) is 0 Å². The summed E-state index contributed by atoms with van der Waals surface area (Å²) < 4.78 is 1.93. The molecular weight excluding hydrogens is 264 g/mol. The second-order valence-corrected chi connectivity index (χ2v) is 5.73. The predicted octanol–water partition coefficient (Wildman–Crippen LogP) is 1.82. The molecule has 5 nitrogen and oxygen atoms in total. The van der Waals surface area contributed by atoms with E-state index in [0.29, 0.717) is 6.04 Å². The van der Waals surface area contributed by atoms with Gasteiger partial charge >= 0.3 is 0 Å². The van der Waals surface area contributed by atoms with Crippen molar-refractivity contribution < 1.29 is 4.79 Å². The van der Waals surface area contributed by atoms with Crippen LogP contribution in [-0.4, -0.2) is 51.2 Å². The van der Waals surface area contributed by atoms with Crippen molar-refractivity contribution >= 4 is 5.91 Å². The molecule has 0 N–H and O–H groups in total. The maximum Gasteiger partial charge on any atom is 0.219 e. The Kier molecular flexibility index (Phi) is 5.17. The SMILES string of the molecule is C=CCn1cc(CN2CCC(N(CC)C(C)=O)C2)c(C)n1. The van der Waals surface area contributed by atoms with E-state index in [0.717, 1.165) is 44.8 Å². The van der Waals surface area contributed by atoms with Gasteiger partial charge in [-0.3, -0.25) is 14.4 Å². The summed E-state index contributed by atoms with van der Waals surface area (Å²) >= 11 is 0. The summed E-state index contributed by atoms with van der Waals surface area (Å²) in [5.74, 6) is 0.180. The lowest BCUT2D eigenvalue weighted by Gasteiger charge is -2.26. The molecule has 2 heterocycles. The molecule has 1 fully saturated rings. The van der Waals surface area contributed by atoms with Gasteiger partial charge in [0.15, 0.2) is 0 Å². The average molecular weight is 290 g/mol. The van der Waals surface area contributed by atoms with Crippen LogP contribution in [0.3, 0.4) is 0 Å². The minimum absolute atomic E-state index is 0.180. The van der Waals surface area contributed by atoms with Crippen molar-refractivity contribution in [3.8, 4) is 0 Å². The predicted molar refractivity (Wildman–Crippen MR) is 83.9 cm³/mol. The molecule has 0 radical (unpaired) electrons. The molecule has 1 aliphatic heterocycles. The smallest absolute Gasteiger partial charge is 0.219 e. The van der Waals surface area contributed by atoms with Gasteiger partial charge in [-0.05, 0) is 20.3 Å². The van der Waals surface area contributed by atoms with E-state index in [2.05, 4.69) is 29.7 Å². The van der Waals surface area contributed by atoms with Crippen LogP contribution in [0, 0.1) is 6.92 Å². The Morgan fingerprint density at radius 1 is 1.62 bits per heavy atom. The zero-order chi connectivity index (χ0) is 15.4. The number of carbonyl (C=O) groups excluding carboxylic acids is 1. The molecule has 1 saturated heterocycles. The molecule has 1 aromatic rings. The Hall–Kier alpha value is -1.62. The highest BCUT2D eigenvalue weighted by molar-refractivity contribution is 5.73. The van der Waals surface area contributed by atoms with Gasteiger partial charge in [-0.2, -0.15) is 5.10 Å². The summed E-state index contributed by atoms with van der Waals surface area (Å²) in [6.45, 7) is 14.0. The lowest BCUT2D eigenvalue weighted by atomic mass is 10.2. The lowest BCUT2D eigenvalue weighted by molar-refractivity contribution is -0.130. The van der Waals surface area contributed by atoms with Gasteiger partial charge in [0.25, 0.3) is 0 Å². The first-order chi connectivity index (χ1) is 10.0. The Bertz CT molecular complexity index is 508. The fourth-order valence-electron chi connectivity index (χ4n) is 3.13. The first-order valence-electron chi connectivity index (χ1n) is 7.68. The molecule has 0 spiro atoms. The molecule has 116 valence electrons. The van der Waals surface area contributed by atoms with E-state index >= 15 is 0 Å². The van der Waals surface area contributed by atoms with E-state index in [1.807, 2.05) is 22.6 Å². The molecule has 1 amide bonds. The third-order valence-corrected chi connectivity index (χ3v) is 4.19. The highest BCUT2D eigenvalue weighted by atomic mass is 16.2. The molecule has 1 aromatic heterocycles. The van der Waals surface area contributed by atoms with Crippen molar-refractivity contribution in [1.82, 2.24) is 19.6 Å². The quantitative estimate of drug-likeness (QED) is 0.751. The van der Waals surface area contributed by atoms with Crippen LogP contribution in [-0.2, 0) is 17.9 Å². The Morgan fingerprint density at radius 3 is 3.00 bits per heavy atom. The number of likely N-dealkylation sites (N-methyl/N-ethyl adjacent to an activating group) is 1. The first-order valence-corrected chi connectivity index (χ1v) is 7.68.